The maximum Gasteiger partial charge on any atom is 0.519 e. The van der Waals surface area contributed by atoms with Crippen LogP contribution in [-0.2, 0) is 31.1 Å². The molecule has 0 bridgehead atoms. The van der Waals surface area contributed by atoms with Gasteiger partial charge in [0.05, 0.1) is 18.9 Å². The lowest BCUT2D eigenvalue weighted by Crippen LogP contribution is -2.55. The smallest absolute Gasteiger partial charge is 0.453 e. The molecule has 4 rings (SSSR count). The maximum atomic E-state index is 14.4. The van der Waals surface area contributed by atoms with Crippen molar-refractivity contribution in [2.75, 3.05) is 31.2 Å². The maximum absolute atomic E-state index is 14.4. The first-order valence-corrected chi connectivity index (χ1v) is 15.3. The van der Waals surface area contributed by atoms with Crippen LogP contribution >= 0.6 is 11.3 Å². The molecule has 226 valence electrons. The minimum absolute atomic E-state index is 0.121. The molecule has 2 aromatic heterocycles. The van der Waals surface area contributed by atoms with Crippen LogP contribution in [0.15, 0.2) is 19.7 Å². The number of amides is 2. The summed E-state index contributed by atoms with van der Waals surface area (Å²) in [5.41, 5.74) is 0.0731. The number of morpholine rings is 1. The lowest BCUT2D eigenvalue weighted by Gasteiger charge is -2.38. The number of hydrogen-bond donors (Lipinski definition) is 0. The van der Waals surface area contributed by atoms with Crippen LogP contribution in [0.1, 0.15) is 92.8 Å². The Morgan fingerprint density at radius 2 is 1.78 bits per heavy atom. The average molecular weight is 591 g/mol. The molecule has 1 aliphatic heterocycles. The van der Waals surface area contributed by atoms with Crippen LogP contribution in [0.4, 0.5) is 5.69 Å². The van der Waals surface area contributed by atoms with Crippen LogP contribution in [0.5, 0.6) is 0 Å². The Labute approximate surface area is 245 Å². The molecular weight excluding hydrogens is 548 g/mol. The molecule has 2 aromatic rings. The number of hydrogen-bond acceptors (Lipinski definition) is 9. The van der Waals surface area contributed by atoms with Gasteiger partial charge in [-0.05, 0) is 56.4 Å². The third-order valence-corrected chi connectivity index (χ3v) is 9.51. The van der Waals surface area contributed by atoms with Crippen molar-refractivity contribution in [3.05, 3.63) is 38.0 Å². The molecule has 1 atom stereocenters. The lowest BCUT2D eigenvalue weighted by molar-refractivity contribution is -0.139. The van der Waals surface area contributed by atoms with Gasteiger partial charge in [-0.3, -0.25) is 14.5 Å². The predicted octanol–water partition coefficient (Wildman–Crippen LogP) is 5.05. The molecule has 0 aromatic carbocycles. The molecule has 2 amide bonds. The predicted molar refractivity (Wildman–Crippen MR) is 154 cm³/mol. The molecule has 11 heteroatoms. The Balaban J connectivity index is 1.75. The summed E-state index contributed by atoms with van der Waals surface area (Å²) < 4.78 is 20.9. The van der Waals surface area contributed by atoms with Crippen molar-refractivity contribution >= 4 is 34.8 Å². The quantitative estimate of drug-likeness (QED) is 0.392. The monoisotopic (exact) mass is 590 g/mol. The average Bonchev–Trinajstić information content (AvgIpc) is 3.53. The number of thiophene rings is 1. The number of esters is 1. The Morgan fingerprint density at radius 3 is 2.34 bits per heavy atom. The van der Waals surface area contributed by atoms with E-state index in [9.17, 15) is 19.2 Å². The van der Waals surface area contributed by atoms with E-state index in [1.54, 1.807) is 16.7 Å². The molecule has 2 fully saturated rings. The van der Waals surface area contributed by atoms with E-state index in [0.717, 1.165) is 30.6 Å². The molecule has 10 nitrogen and oxygen atoms in total. The van der Waals surface area contributed by atoms with Crippen molar-refractivity contribution in [3.63, 3.8) is 0 Å². The van der Waals surface area contributed by atoms with Gasteiger partial charge < -0.3 is 23.2 Å². The van der Waals surface area contributed by atoms with Crippen LogP contribution in [-0.4, -0.2) is 55.0 Å². The first kappa shape index (κ1) is 31.0. The number of anilines is 1. The second-order valence-corrected chi connectivity index (χ2v) is 13.2. The first-order chi connectivity index (χ1) is 19.4. The van der Waals surface area contributed by atoms with Crippen LogP contribution in [0.25, 0.3) is 0 Å². The van der Waals surface area contributed by atoms with Gasteiger partial charge in [0, 0.05) is 23.9 Å². The number of aryl methyl sites for hydroxylation is 1. The fraction of sp³-hybridized carbons (Fsp3) is 0.667. The van der Waals surface area contributed by atoms with Crippen LogP contribution in [0.2, 0.25) is 0 Å². The van der Waals surface area contributed by atoms with Crippen molar-refractivity contribution in [1.29, 1.82) is 0 Å². The molecule has 1 saturated heterocycles. The summed E-state index contributed by atoms with van der Waals surface area (Å²) in [6.45, 7) is 13.3. The van der Waals surface area contributed by atoms with Crippen molar-refractivity contribution in [1.82, 2.24) is 4.90 Å². The van der Waals surface area contributed by atoms with Gasteiger partial charge >= 0.3 is 11.8 Å². The molecule has 0 spiro atoms. The summed E-state index contributed by atoms with van der Waals surface area (Å²) in [5.74, 6) is -1.14. The van der Waals surface area contributed by atoms with E-state index in [-0.39, 0.29) is 46.2 Å². The molecular formula is C30H42N2O8S. The highest BCUT2D eigenvalue weighted by atomic mass is 32.1. The Morgan fingerprint density at radius 1 is 1.12 bits per heavy atom. The third kappa shape index (κ3) is 7.12. The summed E-state index contributed by atoms with van der Waals surface area (Å²) in [6.07, 6.45) is 3.76. The van der Waals surface area contributed by atoms with Gasteiger partial charge in [0.15, 0.2) is 18.1 Å². The van der Waals surface area contributed by atoms with Gasteiger partial charge in [-0.15, -0.1) is 11.3 Å². The summed E-state index contributed by atoms with van der Waals surface area (Å²) in [7, 11) is 0. The largest absolute Gasteiger partial charge is 0.519 e. The topological polar surface area (TPSA) is 120 Å². The molecule has 0 radical (unpaired) electrons. The normalized spacial score (nSPS) is 20.5. The molecule has 3 heterocycles. The van der Waals surface area contributed by atoms with Crippen LogP contribution in [0, 0.1) is 18.8 Å². The molecule has 1 aliphatic carbocycles. The van der Waals surface area contributed by atoms with Crippen molar-refractivity contribution in [2.45, 2.75) is 91.7 Å². The molecule has 1 saturated carbocycles. The van der Waals surface area contributed by atoms with E-state index in [1.165, 1.54) is 11.3 Å². The highest BCUT2D eigenvalue weighted by Crippen LogP contribution is 2.41. The van der Waals surface area contributed by atoms with Gasteiger partial charge in [-0.25, -0.2) is 9.59 Å². The van der Waals surface area contributed by atoms with Gasteiger partial charge in [-0.2, -0.15) is 0 Å². The van der Waals surface area contributed by atoms with E-state index in [2.05, 4.69) is 6.92 Å². The van der Waals surface area contributed by atoms with E-state index in [0.29, 0.717) is 44.3 Å². The second-order valence-electron chi connectivity index (χ2n) is 12.1. The van der Waals surface area contributed by atoms with Crippen LogP contribution < -0.4 is 10.7 Å². The fourth-order valence-electron chi connectivity index (χ4n) is 5.39. The Hall–Kier alpha value is -2.92. The van der Waals surface area contributed by atoms with Crippen molar-refractivity contribution < 1.29 is 32.7 Å². The Kier molecular flexibility index (Phi) is 9.79. The van der Waals surface area contributed by atoms with Crippen molar-refractivity contribution in [3.8, 4) is 0 Å². The van der Waals surface area contributed by atoms with Gasteiger partial charge in [-0.1, -0.05) is 34.6 Å². The summed E-state index contributed by atoms with van der Waals surface area (Å²) >= 11 is 1.26. The summed E-state index contributed by atoms with van der Waals surface area (Å²) in [5, 5.41) is 0. The molecule has 41 heavy (non-hydrogen) atoms. The molecule has 2 aliphatic rings. The highest BCUT2D eigenvalue weighted by Gasteiger charge is 2.40. The van der Waals surface area contributed by atoms with Crippen LogP contribution in [0.3, 0.4) is 0 Å². The fourth-order valence-corrected chi connectivity index (χ4v) is 6.49. The van der Waals surface area contributed by atoms with Gasteiger partial charge in [0.25, 0.3) is 0 Å². The molecule has 0 unspecified atom stereocenters. The SMILES string of the molecule is CC[C@@H](C(=O)N1CCOCC1)N(c1cc(C(C)(C)C)sc1C(=O)OCc1oc(=O)oc1C)C(=O)[C@H]1CC[C@H](C)CC1. The minimum Gasteiger partial charge on any atom is -0.453 e. The number of carbonyl (C=O) groups excluding carboxylic acids is 3. The number of ether oxygens (including phenoxy) is 2. The standard InChI is InChI=1S/C30H42N2O8S/c1-7-21(27(34)31-12-14-37-15-13-31)32(26(33)20-10-8-18(2)9-11-20)22-16-24(30(4,5)6)41-25(22)28(35)38-17-23-19(3)39-29(36)40-23/h16,18,20-21H,7-15,17H2,1-6H3/t18-,20-,21-/m0/s1. The summed E-state index contributed by atoms with van der Waals surface area (Å²) in [4.78, 5) is 57.8. The van der Waals surface area contributed by atoms with E-state index >= 15 is 0 Å². The zero-order valence-corrected chi connectivity index (χ0v) is 25.8. The summed E-state index contributed by atoms with van der Waals surface area (Å²) in [6, 6.07) is 1.09. The van der Waals surface area contributed by atoms with E-state index < -0.39 is 17.8 Å². The zero-order valence-electron chi connectivity index (χ0n) is 24.9. The highest BCUT2D eigenvalue weighted by molar-refractivity contribution is 7.14. The first-order valence-electron chi connectivity index (χ1n) is 14.5. The second kappa shape index (κ2) is 12.9. The van der Waals surface area contributed by atoms with E-state index in [1.807, 2.05) is 33.8 Å². The van der Waals surface area contributed by atoms with Crippen molar-refractivity contribution in [2.24, 2.45) is 11.8 Å². The van der Waals surface area contributed by atoms with E-state index in [4.69, 9.17) is 18.3 Å². The Bertz CT molecular complexity index is 1290. The number of nitrogens with zero attached hydrogens (tertiary/aromatic N) is 2. The zero-order chi connectivity index (χ0) is 29.9. The number of rotatable bonds is 8. The van der Waals surface area contributed by atoms with Gasteiger partial charge in [0.1, 0.15) is 10.9 Å². The lowest BCUT2D eigenvalue weighted by atomic mass is 9.82. The third-order valence-electron chi connectivity index (χ3n) is 7.98. The minimum atomic E-state index is -0.869. The molecule has 0 N–H and O–H groups in total. The van der Waals surface area contributed by atoms with Gasteiger partial charge in [0.2, 0.25) is 11.8 Å². The number of carbonyl (C=O) groups is 3.